The molecule has 0 saturated carbocycles. The van der Waals surface area contributed by atoms with Crippen LogP contribution in [0.4, 0.5) is 0 Å². The molecular weight excluding hydrogens is 352 g/mol. The molecule has 144 valence electrons. The molecule has 0 unspecified atom stereocenters. The Bertz CT molecular complexity index is 975. The summed E-state index contributed by atoms with van der Waals surface area (Å²) in [5.41, 5.74) is 2.74. The molecule has 1 fully saturated rings. The number of fused-ring (bicyclic) bond motifs is 1. The fourth-order valence-electron chi connectivity index (χ4n) is 3.65. The van der Waals surface area contributed by atoms with E-state index in [4.69, 9.17) is 0 Å². The normalized spacial score (nSPS) is 13.8. The summed E-state index contributed by atoms with van der Waals surface area (Å²) in [5, 5.41) is 2.95. The summed E-state index contributed by atoms with van der Waals surface area (Å²) in [7, 11) is 0. The Balaban J connectivity index is 1.51. The molecule has 1 aliphatic heterocycles. The van der Waals surface area contributed by atoms with E-state index in [1.807, 2.05) is 64.1 Å². The quantitative estimate of drug-likeness (QED) is 0.719. The number of likely N-dealkylation sites (tertiary alicyclic amines) is 1. The minimum absolute atomic E-state index is 0.0822. The molecule has 1 saturated heterocycles. The zero-order valence-corrected chi connectivity index (χ0v) is 15.8. The molecule has 2 heterocycles. The summed E-state index contributed by atoms with van der Waals surface area (Å²) in [6, 6.07) is 17.5. The molecule has 0 bridgehead atoms. The van der Waals surface area contributed by atoms with Gasteiger partial charge >= 0.3 is 0 Å². The number of rotatable bonds is 6. The Labute approximate surface area is 164 Å². The van der Waals surface area contributed by atoms with Gasteiger partial charge in [0.2, 0.25) is 11.8 Å². The molecule has 28 heavy (non-hydrogen) atoms. The van der Waals surface area contributed by atoms with Crippen molar-refractivity contribution in [1.29, 1.82) is 0 Å². The Morgan fingerprint density at radius 1 is 0.964 bits per heavy atom. The minimum Gasteiger partial charge on any atom is -0.350 e. The van der Waals surface area contributed by atoms with Crippen molar-refractivity contribution in [3.8, 4) is 0 Å². The van der Waals surface area contributed by atoms with Crippen LogP contribution in [-0.2, 0) is 29.1 Å². The largest absolute Gasteiger partial charge is 0.350 e. The maximum absolute atomic E-state index is 12.6. The van der Waals surface area contributed by atoms with Crippen molar-refractivity contribution in [3.63, 3.8) is 0 Å². The van der Waals surface area contributed by atoms with Crippen LogP contribution >= 0.6 is 0 Å². The van der Waals surface area contributed by atoms with E-state index in [9.17, 15) is 9.59 Å². The average molecular weight is 376 g/mol. The predicted molar refractivity (Wildman–Crippen MR) is 108 cm³/mol. The van der Waals surface area contributed by atoms with Gasteiger partial charge in [0.25, 0.3) is 0 Å². The molecular formula is C22H24N4O2. The highest BCUT2D eigenvalue weighted by Gasteiger charge is 2.22. The Morgan fingerprint density at radius 2 is 1.68 bits per heavy atom. The van der Waals surface area contributed by atoms with Gasteiger partial charge in [-0.15, -0.1) is 0 Å². The van der Waals surface area contributed by atoms with Gasteiger partial charge in [-0.3, -0.25) is 9.59 Å². The first kappa shape index (κ1) is 18.2. The van der Waals surface area contributed by atoms with Gasteiger partial charge in [0.1, 0.15) is 12.4 Å². The summed E-state index contributed by atoms with van der Waals surface area (Å²) >= 11 is 0. The molecule has 3 aromatic rings. The lowest BCUT2D eigenvalue weighted by molar-refractivity contribution is -0.129. The number of nitrogens with zero attached hydrogens (tertiary/aromatic N) is 3. The number of amides is 2. The molecule has 6 heteroatoms. The molecule has 0 radical (unpaired) electrons. The third kappa shape index (κ3) is 4.06. The summed E-state index contributed by atoms with van der Waals surface area (Å²) < 4.78 is 1.86. The smallest absolute Gasteiger partial charge is 0.240 e. The summed E-state index contributed by atoms with van der Waals surface area (Å²) in [4.78, 5) is 31.7. The van der Waals surface area contributed by atoms with Gasteiger partial charge in [0.05, 0.1) is 17.5 Å². The fourth-order valence-corrected chi connectivity index (χ4v) is 3.65. The third-order valence-electron chi connectivity index (χ3n) is 5.14. The SMILES string of the molecule is O=C(Cn1c(CC(=O)N2CCCC2)nc2ccccc21)NCc1ccccc1. The molecule has 0 aliphatic carbocycles. The molecule has 1 aliphatic rings. The highest BCUT2D eigenvalue weighted by Crippen LogP contribution is 2.18. The molecule has 0 atom stereocenters. The van der Waals surface area contributed by atoms with Gasteiger partial charge < -0.3 is 14.8 Å². The maximum Gasteiger partial charge on any atom is 0.240 e. The van der Waals surface area contributed by atoms with E-state index < -0.39 is 0 Å². The van der Waals surface area contributed by atoms with E-state index in [-0.39, 0.29) is 24.8 Å². The van der Waals surface area contributed by atoms with Gasteiger partial charge in [-0.25, -0.2) is 4.98 Å². The first-order valence-electron chi connectivity index (χ1n) is 9.73. The van der Waals surface area contributed by atoms with Crippen molar-refractivity contribution in [1.82, 2.24) is 19.8 Å². The van der Waals surface area contributed by atoms with E-state index >= 15 is 0 Å². The van der Waals surface area contributed by atoms with Crippen molar-refractivity contribution in [2.45, 2.75) is 32.4 Å². The summed E-state index contributed by atoms with van der Waals surface area (Å²) in [6.07, 6.45) is 2.34. The van der Waals surface area contributed by atoms with Crippen molar-refractivity contribution in [3.05, 3.63) is 66.0 Å². The predicted octanol–water partition coefficient (Wildman–Crippen LogP) is 2.52. The average Bonchev–Trinajstić information content (AvgIpc) is 3.36. The van der Waals surface area contributed by atoms with Gasteiger partial charge in [-0.2, -0.15) is 0 Å². The van der Waals surface area contributed by atoms with Crippen LogP contribution in [-0.4, -0.2) is 39.4 Å². The first-order valence-corrected chi connectivity index (χ1v) is 9.73. The molecule has 0 spiro atoms. The van der Waals surface area contributed by atoms with E-state index in [0.717, 1.165) is 42.5 Å². The van der Waals surface area contributed by atoms with Crippen molar-refractivity contribution < 1.29 is 9.59 Å². The molecule has 2 amide bonds. The lowest BCUT2D eigenvalue weighted by atomic mass is 10.2. The van der Waals surface area contributed by atoms with Gasteiger partial charge in [-0.05, 0) is 30.5 Å². The molecule has 4 rings (SSSR count). The second-order valence-electron chi connectivity index (χ2n) is 7.13. The Morgan fingerprint density at radius 3 is 2.46 bits per heavy atom. The van der Waals surface area contributed by atoms with Crippen LogP contribution in [0.5, 0.6) is 0 Å². The minimum atomic E-state index is -0.0955. The number of hydrogen-bond donors (Lipinski definition) is 1. The Hall–Kier alpha value is -3.15. The zero-order chi connectivity index (χ0) is 19.3. The number of carbonyl (C=O) groups is 2. The van der Waals surface area contributed by atoms with E-state index in [1.54, 1.807) is 0 Å². The van der Waals surface area contributed by atoms with Crippen LogP contribution in [0.15, 0.2) is 54.6 Å². The van der Waals surface area contributed by atoms with Crippen LogP contribution < -0.4 is 5.32 Å². The van der Waals surface area contributed by atoms with Crippen molar-refractivity contribution in [2.24, 2.45) is 0 Å². The van der Waals surface area contributed by atoms with Crippen LogP contribution in [0.1, 0.15) is 24.2 Å². The first-order chi connectivity index (χ1) is 13.7. The zero-order valence-electron chi connectivity index (χ0n) is 15.8. The fraction of sp³-hybridized carbons (Fsp3) is 0.318. The second kappa shape index (κ2) is 8.25. The topological polar surface area (TPSA) is 67.2 Å². The monoisotopic (exact) mass is 376 g/mol. The highest BCUT2D eigenvalue weighted by molar-refractivity contribution is 5.83. The Kier molecular flexibility index (Phi) is 5.37. The van der Waals surface area contributed by atoms with Gasteiger partial charge in [-0.1, -0.05) is 42.5 Å². The number of para-hydroxylation sites is 2. The number of aromatic nitrogens is 2. The summed E-state index contributed by atoms with van der Waals surface area (Å²) in [6.45, 7) is 2.26. The molecule has 1 N–H and O–H groups in total. The number of nitrogens with one attached hydrogen (secondary N) is 1. The van der Waals surface area contributed by atoms with E-state index in [0.29, 0.717) is 12.4 Å². The lowest BCUT2D eigenvalue weighted by Crippen LogP contribution is -2.31. The summed E-state index contributed by atoms with van der Waals surface area (Å²) in [5.74, 6) is 0.633. The molecule has 1 aromatic heterocycles. The molecule has 2 aromatic carbocycles. The number of hydrogen-bond acceptors (Lipinski definition) is 3. The van der Waals surface area contributed by atoms with Crippen LogP contribution in [0, 0.1) is 0 Å². The lowest BCUT2D eigenvalue weighted by Gasteiger charge is -2.15. The molecule has 6 nitrogen and oxygen atoms in total. The number of imidazole rings is 1. The van der Waals surface area contributed by atoms with Crippen LogP contribution in [0.2, 0.25) is 0 Å². The second-order valence-corrected chi connectivity index (χ2v) is 7.13. The maximum atomic E-state index is 12.6. The third-order valence-corrected chi connectivity index (χ3v) is 5.14. The standard InChI is InChI=1S/C22H24N4O2/c27-21(23-15-17-8-2-1-3-9-17)16-26-19-11-5-4-10-18(19)24-20(26)14-22(28)25-12-6-7-13-25/h1-5,8-11H,6-7,12-16H2,(H,23,27). The highest BCUT2D eigenvalue weighted by atomic mass is 16.2. The van der Waals surface area contributed by atoms with Crippen molar-refractivity contribution in [2.75, 3.05) is 13.1 Å². The van der Waals surface area contributed by atoms with E-state index in [1.165, 1.54) is 0 Å². The van der Waals surface area contributed by atoms with Gasteiger partial charge in [0, 0.05) is 19.6 Å². The number of carbonyl (C=O) groups excluding carboxylic acids is 2. The van der Waals surface area contributed by atoms with Crippen LogP contribution in [0.3, 0.4) is 0 Å². The van der Waals surface area contributed by atoms with Gasteiger partial charge in [0.15, 0.2) is 0 Å². The van der Waals surface area contributed by atoms with E-state index in [2.05, 4.69) is 10.3 Å². The number of benzene rings is 2. The van der Waals surface area contributed by atoms with Crippen molar-refractivity contribution >= 4 is 22.8 Å². The van der Waals surface area contributed by atoms with Crippen LogP contribution in [0.25, 0.3) is 11.0 Å².